The molecule has 0 radical (unpaired) electrons. The molecule has 2 aromatic carbocycles. The molecule has 1 amide bonds. The van der Waals surface area contributed by atoms with Crippen LogP contribution < -0.4 is 14.4 Å². The Balaban J connectivity index is 1.29. The Morgan fingerprint density at radius 3 is 2.52 bits per heavy atom. The molecule has 2 N–H and O–H groups in total. The first-order valence-corrected chi connectivity index (χ1v) is 22.4. The van der Waals surface area contributed by atoms with E-state index in [4.69, 9.17) is 16.3 Å². The lowest BCUT2D eigenvalue weighted by Crippen LogP contribution is -2.57. The van der Waals surface area contributed by atoms with Crippen LogP contribution in [0.3, 0.4) is 0 Å². The van der Waals surface area contributed by atoms with Gasteiger partial charge in [0, 0.05) is 55.3 Å². The van der Waals surface area contributed by atoms with Crippen molar-refractivity contribution in [2.75, 3.05) is 63.6 Å². The first kappa shape index (κ1) is 37.9. The lowest BCUT2D eigenvalue weighted by molar-refractivity contribution is -0.0725. The van der Waals surface area contributed by atoms with Crippen LogP contribution in [0.2, 0.25) is 5.02 Å². The van der Waals surface area contributed by atoms with Crippen molar-refractivity contribution in [3.63, 3.8) is 0 Å². The highest BCUT2D eigenvalue weighted by Crippen LogP contribution is 2.49. The predicted octanol–water partition coefficient (Wildman–Crippen LogP) is 4.42. The van der Waals surface area contributed by atoms with E-state index in [1.165, 1.54) is 15.4 Å². The fourth-order valence-corrected chi connectivity index (χ4v) is 12.8. The molecule has 2 fully saturated rings. The van der Waals surface area contributed by atoms with Gasteiger partial charge in [-0.05, 0) is 118 Å². The molecule has 3 heterocycles. The monoisotopic (exact) mass is 776 g/mol. The number of amides is 1. The van der Waals surface area contributed by atoms with E-state index in [9.17, 15) is 26.7 Å². The number of carbonyl (C=O) groups is 1. The number of benzene rings is 2. The molecule has 7 rings (SSSR count). The van der Waals surface area contributed by atoms with Crippen molar-refractivity contribution in [2.24, 2.45) is 17.8 Å². The lowest BCUT2D eigenvalue weighted by atomic mass is 9.63. The molecule has 286 valence electrons. The second kappa shape index (κ2) is 14.3. The summed E-state index contributed by atoms with van der Waals surface area (Å²) in [5.41, 5.74) is 1.43. The molecule has 6 atom stereocenters. The Morgan fingerprint density at radius 2 is 1.79 bits per heavy atom. The molecule has 0 unspecified atom stereocenters. The normalized spacial score (nSPS) is 33.2. The number of sulfonamides is 2. The van der Waals surface area contributed by atoms with Gasteiger partial charge in [0.1, 0.15) is 5.75 Å². The summed E-state index contributed by atoms with van der Waals surface area (Å²) in [6.45, 7) is 7.00. The summed E-state index contributed by atoms with van der Waals surface area (Å²) in [6.07, 6.45) is 5.45. The number of nitrogens with zero attached hydrogens (tertiary/aromatic N) is 3. The zero-order chi connectivity index (χ0) is 37.1. The third-order valence-corrected chi connectivity index (χ3v) is 17.1. The van der Waals surface area contributed by atoms with Gasteiger partial charge in [-0.3, -0.25) is 4.79 Å². The number of rotatable bonds is 3. The number of likely N-dealkylation sites (N-methyl/N-ethyl adjacent to an activating group) is 1. The average Bonchev–Trinajstić information content (AvgIpc) is 3.22. The Kier molecular flexibility index (Phi) is 10.4. The van der Waals surface area contributed by atoms with Gasteiger partial charge in [0.25, 0.3) is 5.91 Å². The van der Waals surface area contributed by atoms with Gasteiger partial charge in [0.15, 0.2) is 0 Å². The highest BCUT2D eigenvalue weighted by molar-refractivity contribution is 7.90. The molecule has 14 heteroatoms. The van der Waals surface area contributed by atoms with Crippen molar-refractivity contribution in [1.29, 1.82) is 0 Å². The molecular weight excluding hydrogens is 724 g/mol. The fourth-order valence-electron chi connectivity index (χ4n) is 9.42. The van der Waals surface area contributed by atoms with Crippen molar-refractivity contribution < 1.29 is 31.5 Å². The quantitative estimate of drug-likeness (QED) is 0.465. The largest absolute Gasteiger partial charge is 0.490 e. The van der Waals surface area contributed by atoms with Gasteiger partial charge in [0.05, 0.1) is 28.9 Å². The van der Waals surface area contributed by atoms with Crippen LogP contribution in [-0.4, -0.2) is 107 Å². The van der Waals surface area contributed by atoms with E-state index in [0.717, 1.165) is 25.7 Å². The van der Waals surface area contributed by atoms with Gasteiger partial charge in [0.2, 0.25) is 20.0 Å². The lowest BCUT2D eigenvalue weighted by Gasteiger charge is -2.50. The molecular formula is C38H53ClN4O7S2. The summed E-state index contributed by atoms with van der Waals surface area (Å²) in [7, 11) is -5.85. The zero-order valence-electron chi connectivity index (χ0n) is 30.5. The molecule has 2 aromatic rings. The average molecular weight is 777 g/mol. The molecule has 52 heavy (non-hydrogen) atoms. The minimum atomic E-state index is -4.05. The van der Waals surface area contributed by atoms with Crippen molar-refractivity contribution in [2.45, 2.75) is 81.5 Å². The maximum Gasteiger partial charge on any atom is 0.264 e. The van der Waals surface area contributed by atoms with Crippen LogP contribution in [-0.2, 0) is 31.9 Å². The van der Waals surface area contributed by atoms with E-state index in [0.29, 0.717) is 81.6 Å². The topological polar surface area (TPSA) is 137 Å². The Hall–Kier alpha value is -2.42. The van der Waals surface area contributed by atoms with Gasteiger partial charge < -0.3 is 19.6 Å². The molecule has 1 saturated heterocycles. The number of aryl methyl sites for hydroxylation is 1. The third kappa shape index (κ3) is 7.34. The second-order valence-corrected chi connectivity index (χ2v) is 20.8. The minimum absolute atomic E-state index is 0.00826. The molecule has 2 bridgehead atoms. The van der Waals surface area contributed by atoms with Crippen LogP contribution in [0.5, 0.6) is 5.75 Å². The molecule has 3 aliphatic heterocycles. The molecule has 5 aliphatic rings. The van der Waals surface area contributed by atoms with Crippen molar-refractivity contribution in [3.05, 3.63) is 58.1 Å². The third-order valence-electron chi connectivity index (χ3n) is 12.9. The van der Waals surface area contributed by atoms with E-state index >= 15 is 0 Å². The number of hydrogen-bond donors (Lipinski definition) is 2. The number of nitrogens with one attached hydrogen (secondary N) is 1. The van der Waals surface area contributed by atoms with Crippen molar-refractivity contribution in [1.82, 2.24) is 13.9 Å². The van der Waals surface area contributed by atoms with Gasteiger partial charge in [-0.2, -0.15) is 4.31 Å². The van der Waals surface area contributed by atoms with Crippen LogP contribution >= 0.6 is 11.6 Å². The SMILES string of the molecule is C[C@@H]1[C@@H](C)CCC[C@](O)(CS(=O)(=O)N2CCN(C)CC2)[C@@H]2CC[C@H]2CN2C[C@@]3(CCCc4cc(Cl)ccc43)COc3ccc(cc32)C(=O)NS1(=O)=O. The van der Waals surface area contributed by atoms with Crippen molar-refractivity contribution in [3.8, 4) is 5.75 Å². The summed E-state index contributed by atoms with van der Waals surface area (Å²) in [6, 6.07) is 11.2. The Morgan fingerprint density at radius 1 is 1.02 bits per heavy atom. The van der Waals surface area contributed by atoms with E-state index in [-0.39, 0.29) is 40.9 Å². The summed E-state index contributed by atoms with van der Waals surface area (Å²) in [5.74, 6) is -1.06. The number of halogens is 1. The van der Waals surface area contributed by atoms with Crippen LogP contribution in [0.15, 0.2) is 36.4 Å². The highest BCUT2D eigenvalue weighted by atomic mass is 35.5. The smallest absolute Gasteiger partial charge is 0.264 e. The zero-order valence-corrected chi connectivity index (χ0v) is 32.9. The molecule has 2 aliphatic carbocycles. The highest BCUT2D eigenvalue weighted by Gasteiger charge is 2.51. The number of fused-ring (bicyclic) bond motifs is 4. The van der Waals surface area contributed by atoms with Crippen LogP contribution in [0, 0.1) is 17.8 Å². The first-order chi connectivity index (χ1) is 24.6. The van der Waals surface area contributed by atoms with Crippen molar-refractivity contribution >= 4 is 43.2 Å². The first-order valence-electron chi connectivity index (χ1n) is 18.8. The van der Waals surface area contributed by atoms with Crippen LogP contribution in [0.1, 0.15) is 80.3 Å². The van der Waals surface area contributed by atoms with Crippen LogP contribution in [0.4, 0.5) is 5.69 Å². The Labute approximate surface area is 314 Å². The number of carbonyl (C=O) groups excluding carboxylic acids is 1. The van der Waals surface area contributed by atoms with E-state index in [1.807, 2.05) is 26.1 Å². The second-order valence-electron chi connectivity index (χ2n) is 16.3. The Bertz CT molecular complexity index is 1900. The number of anilines is 1. The predicted molar refractivity (Wildman–Crippen MR) is 203 cm³/mol. The standard InChI is InChI=1S/C38H53ClN4O7S2/c1-26-6-4-15-38(45,25-51(46,47)43-18-16-41(3)17-19-43)33-11-8-30(33)22-42-23-37(14-5-7-28-20-31(39)10-12-32(28)37)24-50-35-13-9-29(21-34(35)42)36(44)40-52(48,49)27(26)2/h9-10,12-13,20-21,26-27,30,33,45H,4-8,11,14-19,22-25H2,1-3H3,(H,40,44)/t26-,27+,30-,33+,37-,38-/m0/s1. The number of piperazine rings is 1. The number of ether oxygens (including phenoxy) is 1. The molecule has 11 nitrogen and oxygen atoms in total. The summed E-state index contributed by atoms with van der Waals surface area (Å²) >= 11 is 6.45. The molecule has 1 spiro atoms. The van der Waals surface area contributed by atoms with Gasteiger partial charge >= 0.3 is 0 Å². The number of aliphatic hydroxyl groups is 1. The fraction of sp³-hybridized carbons (Fsp3) is 0.658. The minimum Gasteiger partial charge on any atom is -0.490 e. The summed E-state index contributed by atoms with van der Waals surface area (Å²) < 4.78 is 65.5. The van der Waals surface area contributed by atoms with E-state index < -0.39 is 36.8 Å². The molecule has 1 saturated carbocycles. The van der Waals surface area contributed by atoms with Crippen LogP contribution in [0.25, 0.3) is 0 Å². The number of hydrogen-bond acceptors (Lipinski definition) is 9. The maximum atomic E-state index is 14.0. The van der Waals surface area contributed by atoms with Gasteiger partial charge in [-0.25, -0.2) is 21.6 Å². The maximum absolute atomic E-state index is 14.0. The van der Waals surface area contributed by atoms with E-state index in [2.05, 4.69) is 20.6 Å². The van der Waals surface area contributed by atoms with Gasteiger partial charge in [-0.15, -0.1) is 0 Å². The summed E-state index contributed by atoms with van der Waals surface area (Å²) in [4.78, 5) is 17.9. The molecule has 0 aromatic heterocycles. The summed E-state index contributed by atoms with van der Waals surface area (Å²) in [5, 5.41) is 12.5. The van der Waals surface area contributed by atoms with E-state index in [1.54, 1.807) is 25.1 Å². The van der Waals surface area contributed by atoms with Gasteiger partial charge in [-0.1, -0.05) is 31.0 Å².